The van der Waals surface area contributed by atoms with Gasteiger partial charge in [0.05, 0.1) is 12.2 Å². The van der Waals surface area contributed by atoms with E-state index < -0.39 is 0 Å². The molecule has 116 valence electrons. The number of nitrogens with one attached hydrogen (secondary N) is 1. The Morgan fingerprint density at radius 2 is 2.38 bits per heavy atom. The normalized spacial score (nSPS) is 19.2. The Bertz CT molecular complexity index is 437. The molecule has 1 aliphatic rings. The van der Waals surface area contributed by atoms with Crippen molar-refractivity contribution in [1.29, 1.82) is 0 Å². The van der Waals surface area contributed by atoms with Crippen molar-refractivity contribution in [2.45, 2.75) is 26.3 Å². The third-order valence-electron chi connectivity index (χ3n) is 3.92. The molecule has 2 rings (SSSR count). The number of rotatable bonds is 5. The minimum atomic E-state index is -0.0364. The van der Waals surface area contributed by atoms with Gasteiger partial charge >= 0.3 is 6.03 Å². The smallest absolute Gasteiger partial charge is 0.317 e. The van der Waals surface area contributed by atoms with E-state index in [1.54, 1.807) is 18.1 Å². The molecule has 0 radical (unpaired) electrons. The molecule has 5 nitrogen and oxygen atoms in total. The van der Waals surface area contributed by atoms with Crippen LogP contribution in [0.3, 0.4) is 0 Å². The molecule has 1 atom stereocenters. The standard InChI is InChI=1S/C16H26N4O/c1-14-6-5-10-20(12-14)11-9-18-16(21)19(2)13-15-7-3-4-8-17-15/h3-4,7-8,14H,5-6,9-13H2,1-2H3,(H,18,21). The summed E-state index contributed by atoms with van der Waals surface area (Å²) in [6.07, 6.45) is 4.35. The van der Waals surface area contributed by atoms with Crippen LogP contribution in [0.5, 0.6) is 0 Å². The largest absolute Gasteiger partial charge is 0.337 e. The van der Waals surface area contributed by atoms with Gasteiger partial charge in [-0.1, -0.05) is 13.0 Å². The van der Waals surface area contributed by atoms with Gasteiger partial charge in [-0.3, -0.25) is 4.98 Å². The molecule has 2 heterocycles. The van der Waals surface area contributed by atoms with E-state index in [9.17, 15) is 4.79 Å². The molecule has 2 amide bonds. The minimum absolute atomic E-state index is 0.0364. The highest BCUT2D eigenvalue weighted by atomic mass is 16.2. The highest BCUT2D eigenvalue weighted by molar-refractivity contribution is 5.73. The predicted molar refractivity (Wildman–Crippen MR) is 83.9 cm³/mol. The zero-order chi connectivity index (χ0) is 15.1. The van der Waals surface area contributed by atoms with Crippen molar-refractivity contribution in [3.63, 3.8) is 0 Å². The SMILES string of the molecule is CC1CCCN(CCNC(=O)N(C)Cc2ccccn2)C1. The zero-order valence-corrected chi connectivity index (χ0v) is 13.1. The van der Waals surface area contributed by atoms with Gasteiger partial charge in [0.25, 0.3) is 0 Å². The van der Waals surface area contributed by atoms with Crippen molar-refractivity contribution in [3.8, 4) is 0 Å². The molecule has 1 unspecified atom stereocenters. The van der Waals surface area contributed by atoms with E-state index in [1.165, 1.54) is 12.8 Å². The van der Waals surface area contributed by atoms with Crippen LogP contribution in [0.2, 0.25) is 0 Å². The van der Waals surface area contributed by atoms with E-state index in [0.29, 0.717) is 13.1 Å². The Morgan fingerprint density at radius 1 is 1.52 bits per heavy atom. The number of carbonyl (C=O) groups is 1. The molecule has 1 saturated heterocycles. The molecular weight excluding hydrogens is 264 g/mol. The first-order chi connectivity index (χ1) is 10.1. The van der Waals surface area contributed by atoms with Crippen molar-refractivity contribution >= 4 is 6.03 Å². The third-order valence-corrected chi connectivity index (χ3v) is 3.92. The van der Waals surface area contributed by atoms with Crippen LogP contribution in [0, 0.1) is 5.92 Å². The summed E-state index contributed by atoms with van der Waals surface area (Å²) < 4.78 is 0. The predicted octanol–water partition coefficient (Wildman–Crippen LogP) is 1.95. The fourth-order valence-electron chi connectivity index (χ4n) is 2.75. The lowest BCUT2D eigenvalue weighted by atomic mass is 10.0. The minimum Gasteiger partial charge on any atom is -0.337 e. The molecule has 0 aromatic carbocycles. The van der Waals surface area contributed by atoms with Gasteiger partial charge in [-0.25, -0.2) is 4.79 Å². The molecule has 1 aromatic heterocycles. The molecule has 1 N–H and O–H groups in total. The summed E-state index contributed by atoms with van der Waals surface area (Å²) in [5, 5.41) is 2.98. The second-order valence-corrected chi connectivity index (χ2v) is 5.96. The van der Waals surface area contributed by atoms with Gasteiger partial charge < -0.3 is 15.1 Å². The molecule has 1 aromatic rings. The molecular formula is C16H26N4O. The van der Waals surface area contributed by atoms with E-state index in [-0.39, 0.29) is 6.03 Å². The van der Waals surface area contributed by atoms with Crippen molar-refractivity contribution in [2.24, 2.45) is 5.92 Å². The van der Waals surface area contributed by atoms with Crippen LogP contribution in [0.1, 0.15) is 25.5 Å². The van der Waals surface area contributed by atoms with Crippen LogP contribution in [0.25, 0.3) is 0 Å². The molecule has 0 aliphatic carbocycles. The van der Waals surface area contributed by atoms with Gasteiger partial charge in [0.2, 0.25) is 0 Å². The number of amides is 2. The number of pyridine rings is 1. The maximum absolute atomic E-state index is 12.0. The van der Waals surface area contributed by atoms with E-state index in [2.05, 4.69) is 22.1 Å². The maximum Gasteiger partial charge on any atom is 0.317 e. The quantitative estimate of drug-likeness (QED) is 0.902. The third kappa shape index (κ3) is 5.34. The number of carbonyl (C=O) groups excluding carboxylic acids is 1. The second kappa shape index (κ2) is 7.98. The lowest BCUT2D eigenvalue weighted by Crippen LogP contribution is -2.43. The number of hydrogen-bond donors (Lipinski definition) is 1. The second-order valence-electron chi connectivity index (χ2n) is 5.96. The summed E-state index contributed by atoms with van der Waals surface area (Å²) in [4.78, 5) is 20.4. The molecule has 0 bridgehead atoms. The first-order valence-corrected chi connectivity index (χ1v) is 7.76. The van der Waals surface area contributed by atoms with Gasteiger partial charge in [0.15, 0.2) is 0 Å². The van der Waals surface area contributed by atoms with Crippen LogP contribution in [-0.4, -0.2) is 54.0 Å². The average Bonchev–Trinajstić information content (AvgIpc) is 2.48. The summed E-state index contributed by atoms with van der Waals surface area (Å²) in [7, 11) is 1.80. The first kappa shape index (κ1) is 15.8. The highest BCUT2D eigenvalue weighted by Crippen LogP contribution is 2.14. The van der Waals surface area contributed by atoms with Crippen LogP contribution in [0.15, 0.2) is 24.4 Å². The van der Waals surface area contributed by atoms with E-state index >= 15 is 0 Å². The lowest BCUT2D eigenvalue weighted by molar-refractivity contribution is 0.178. The van der Waals surface area contributed by atoms with Crippen molar-refractivity contribution in [2.75, 3.05) is 33.2 Å². The molecule has 1 aliphatic heterocycles. The Kier molecular flexibility index (Phi) is 5.99. The van der Waals surface area contributed by atoms with Gasteiger partial charge in [-0.15, -0.1) is 0 Å². The number of hydrogen-bond acceptors (Lipinski definition) is 3. The van der Waals surface area contributed by atoms with Crippen LogP contribution >= 0.6 is 0 Å². The fourth-order valence-corrected chi connectivity index (χ4v) is 2.75. The molecule has 5 heteroatoms. The van der Waals surface area contributed by atoms with Gasteiger partial charge in [0.1, 0.15) is 0 Å². The number of piperidine rings is 1. The Morgan fingerprint density at radius 3 is 3.10 bits per heavy atom. The monoisotopic (exact) mass is 290 g/mol. The topological polar surface area (TPSA) is 48.5 Å². The molecule has 0 saturated carbocycles. The number of urea groups is 1. The first-order valence-electron chi connectivity index (χ1n) is 7.76. The van der Waals surface area contributed by atoms with Crippen LogP contribution < -0.4 is 5.32 Å². The van der Waals surface area contributed by atoms with E-state index in [0.717, 1.165) is 31.2 Å². The Balaban J connectivity index is 1.67. The number of likely N-dealkylation sites (tertiary alicyclic amines) is 1. The number of nitrogens with zero attached hydrogens (tertiary/aromatic N) is 3. The van der Waals surface area contributed by atoms with Crippen molar-refractivity contribution < 1.29 is 4.79 Å². The Hall–Kier alpha value is -1.62. The van der Waals surface area contributed by atoms with Crippen molar-refractivity contribution in [3.05, 3.63) is 30.1 Å². The maximum atomic E-state index is 12.0. The van der Waals surface area contributed by atoms with E-state index in [1.807, 2.05) is 18.2 Å². The molecule has 0 spiro atoms. The van der Waals surface area contributed by atoms with E-state index in [4.69, 9.17) is 0 Å². The summed E-state index contributed by atoms with van der Waals surface area (Å²) in [5.41, 5.74) is 0.903. The summed E-state index contributed by atoms with van der Waals surface area (Å²) in [6, 6.07) is 5.71. The van der Waals surface area contributed by atoms with Gasteiger partial charge in [-0.05, 0) is 37.4 Å². The van der Waals surface area contributed by atoms with Gasteiger partial charge in [0, 0.05) is 32.9 Å². The molecule has 1 fully saturated rings. The summed E-state index contributed by atoms with van der Waals surface area (Å²) in [6.45, 7) is 6.79. The van der Waals surface area contributed by atoms with Crippen LogP contribution in [-0.2, 0) is 6.54 Å². The van der Waals surface area contributed by atoms with Crippen LogP contribution in [0.4, 0.5) is 4.79 Å². The van der Waals surface area contributed by atoms with Gasteiger partial charge in [-0.2, -0.15) is 0 Å². The Labute approximate surface area is 127 Å². The summed E-state index contributed by atoms with van der Waals surface area (Å²) >= 11 is 0. The summed E-state index contributed by atoms with van der Waals surface area (Å²) in [5.74, 6) is 0.779. The van der Waals surface area contributed by atoms with Crippen molar-refractivity contribution in [1.82, 2.24) is 20.1 Å². The fraction of sp³-hybridized carbons (Fsp3) is 0.625. The highest BCUT2D eigenvalue weighted by Gasteiger charge is 2.16. The lowest BCUT2D eigenvalue weighted by Gasteiger charge is -2.31. The number of aromatic nitrogens is 1. The average molecular weight is 290 g/mol. The molecule has 21 heavy (non-hydrogen) atoms. The zero-order valence-electron chi connectivity index (χ0n) is 13.1.